The smallest absolute Gasteiger partial charge is 0.169 e. The number of pyridine rings is 1. The molecule has 0 saturated heterocycles. The SMILES string of the molecule is COc1cccnc1NCc1cccs1. The van der Waals surface area contributed by atoms with Crippen LogP contribution in [-0.2, 0) is 6.54 Å². The quantitative estimate of drug-likeness (QED) is 0.860. The van der Waals surface area contributed by atoms with E-state index in [4.69, 9.17) is 4.74 Å². The number of thiophene rings is 1. The number of ether oxygens (including phenoxy) is 1. The first-order valence-electron chi connectivity index (χ1n) is 4.65. The minimum atomic E-state index is 0.772. The largest absolute Gasteiger partial charge is 0.493 e. The summed E-state index contributed by atoms with van der Waals surface area (Å²) in [5.41, 5.74) is 0. The molecule has 0 bridgehead atoms. The van der Waals surface area contributed by atoms with Crippen molar-refractivity contribution in [2.45, 2.75) is 6.54 Å². The Labute approximate surface area is 92.7 Å². The van der Waals surface area contributed by atoms with E-state index < -0.39 is 0 Å². The Morgan fingerprint density at radius 1 is 1.40 bits per heavy atom. The van der Waals surface area contributed by atoms with Crippen molar-refractivity contribution < 1.29 is 4.74 Å². The predicted octanol–water partition coefficient (Wildman–Crippen LogP) is 2.76. The molecule has 3 nitrogen and oxygen atoms in total. The lowest BCUT2D eigenvalue weighted by atomic mass is 10.4. The molecule has 0 fully saturated rings. The molecule has 0 amide bonds. The van der Waals surface area contributed by atoms with Crippen LogP contribution < -0.4 is 10.1 Å². The van der Waals surface area contributed by atoms with Gasteiger partial charge in [0.15, 0.2) is 11.6 Å². The molecule has 0 unspecified atom stereocenters. The van der Waals surface area contributed by atoms with Gasteiger partial charge in [0.05, 0.1) is 13.7 Å². The zero-order valence-electron chi connectivity index (χ0n) is 8.43. The van der Waals surface area contributed by atoms with Crippen LogP contribution in [0.3, 0.4) is 0 Å². The number of hydrogen-bond acceptors (Lipinski definition) is 4. The van der Waals surface area contributed by atoms with Gasteiger partial charge < -0.3 is 10.1 Å². The Hall–Kier alpha value is -1.55. The fourth-order valence-electron chi connectivity index (χ4n) is 1.27. The maximum atomic E-state index is 5.19. The van der Waals surface area contributed by atoms with E-state index in [1.807, 2.05) is 18.2 Å². The number of methoxy groups -OCH3 is 1. The molecule has 4 heteroatoms. The van der Waals surface area contributed by atoms with E-state index in [-0.39, 0.29) is 0 Å². The van der Waals surface area contributed by atoms with Crippen LogP contribution in [0, 0.1) is 0 Å². The summed E-state index contributed by atoms with van der Waals surface area (Å²) in [4.78, 5) is 5.50. The summed E-state index contributed by atoms with van der Waals surface area (Å²) in [5, 5.41) is 5.30. The van der Waals surface area contributed by atoms with Crippen molar-refractivity contribution in [3.05, 3.63) is 40.7 Å². The lowest BCUT2D eigenvalue weighted by Gasteiger charge is -2.08. The maximum absolute atomic E-state index is 5.19. The van der Waals surface area contributed by atoms with Crippen molar-refractivity contribution in [3.63, 3.8) is 0 Å². The summed E-state index contributed by atoms with van der Waals surface area (Å²) in [5.74, 6) is 1.56. The molecule has 0 aliphatic carbocycles. The molecule has 2 rings (SSSR count). The summed E-state index contributed by atoms with van der Waals surface area (Å²) in [6, 6.07) is 7.88. The molecule has 2 aromatic heterocycles. The lowest BCUT2D eigenvalue weighted by Crippen LogP contribution is -2.01. The molecular weight excluding hydrogens is 208 g/mol. The van der Waals surface area contributed by atoms with Crippen LogP contribution in [0.25, 0.3) is 0 Å². The van der Waals surface area contributed by atoms with Crippen molar-refractivity contribution in [1.29, 1.82) is 0 Å². The third kappa shape index (κ3) is 2.47. The first-order valence-corrected chi connectivity index (χ1v) is 5.53. The van der Waals surface area contributed by atoms with Crippen molar-refractivity contribution in [1.82, 2.24) is 4.98 Å². The minimum Gasteiger partial charge on any atom is -0.493 e. The Morgan fingerprint density at radius 2 is 2.33 bits per heavy atom. The van der Waals surface area contributed by atoms with E-state index in [9.17, 15) is 0 Å². The highest BCUT2D eigenvalue weighted by atomic mass is 32.1. The van der Waals surface area contributed by atoms with E-state index in [2.05, 4.69) is 21.7 Å². The van der Waals surface area contributed by atoms with E-state index in [0.29, 0.717) is 0 Å². The van der Waals surface area contributed by atoms with E-state index >= 15 is 0 Å². The number of nitrogens with one attached hydrogen (secondary N) is 1. The predicted molar refractivity (Wildman–Crippen MR) is 62.4 cm³/mol. The maximum Gasteiger partial charge on any atom is 0.169 e. The molecular formula is C11H12N2OS. The van der Waals surface area contributed by atoms with Gasteiger partial charge in [-0.25, -0.2) is 4.98 Å². The highest BCUT2D eigenvalue weighted by Gasteiger charge is 2.02. The van der Waals surface area contributed by atoms with Crippen LogP contribution in [0.5, 0.6) is 5.75 Å². The van der Waals surface area contributed by atoms with Gasteiger partial charge in [0.25, 0.3) is 0 Å². The van der Waals surface area contributed by atoms with Gasteiger partial charge in [0.2, 0.25) is 0 Å². The van der Waals surface area contributed by atoms with Gasteiger partial charge in [-0.15, -0.1) is 11.3 Å². The molecule has 2 heterocycles. The first-order chi connectivity index (χ1) is 7.40. The lowest BCUT2D eigenvalue weighted by molar-refractivity contribution is 0.415. The van der Waals surface area contributed by atoms with Crippen LogP contribution in [0.1, 0.15) is 4.88 Å². The molecule has 0 radical (unpaired) electrons. The summed E-state index contributed by atoms with van der Waals surface area (Å²) in [6.45, 7) is 0.783. The molecule has 15 heavy (non-hydrogen) atoms. The van der Waals surface area contributed by atoms with Gasteiger partial charge in [0, 0.05) is 11.1 Å². The third-order valence-electron chi connectivity index (χ3n) is 2.00. The van der Waals surface area contributed by atoms with Gasteiger partial charge in [-0.05, 0) is 23.6 Å². The highest BCUT2D eigenvalue weighted by Crippen LogP contribution is 2.21. The molecule has 0 aliphatic rings. The van der Waals surface area contributed by atoms with Crippen molar-refractivity contribution >= 4 is 17.2 Å². The van der Waals surface area contributed by atoms with Crippen LogP contribution in [0.2, 0.25) is 0 Å². The van der Waals surface area contributed by atoms with Crippen molar-refractivity contribution in [2.24, 2.45) is 0 Å². The second-order valence-electron chi connectivity index (χ2n) is 2.99. The first kappa shape index (κ1) is 9.98. The molecule has 0 spiro atoms. The highest BCUT2D eigenvalue weighted by molar-refractivity contribution is 7.09. The summed E-state index contributed by atoms with van der Waals surface area (Å²) in [7, 11) is 1.65. The van der Waals surface area contributed by atoms with Gasteiger partial charge in [-0.3, -0.25) is 0 Å². The molecule has 2 aromatic rings. The zero-order chi connectivity index (χ0) is 10.5. The molecule has 1 N–H and O–H groups in total. The third-order valence-corrected chi connectivity index (χ3v) is 2.88. The summed E-state index contributed by atoms with van der Waals surface area (Å²) >= 11 is 1.72. The summed E-state index contributed by atoms with van der Waals surface area (Å²) in [6.07, 6.45) is 1.75. The minimum absolute atomic E-state index is 0.772. The van der Waals surface area contributed by atoms with Gasteiger partial charge >= 0.3 is 0 Å². The zero-order valence-corrected chi connectivity index (χ0v) is 9.25. The fraction of sp³-hybridized carbons (Fsp3) is 0.182. The molecule has 0 saturated carbocycles. The number of anilines is 1. The molecule has 78 valence electrons. The number of aromatic nitrogens is 1. The van der Waals surface area contributed by atoms with Crippen LogP contribution in [0.4, 0.5) is 5.82 Å². The van der Waals surface area contributed by atoms with E-state index in [0.717, 1.165) is 18.1 Å². The fourth-order valence-corrected chi connectivity index (χ4v) is 1.92. The number of rotatable bonds is 4. The van der Waals surface area contributed by atoms with Gasteiger partial charge in [-0.1, -0.05) is 6.07 Å². The number of hydrogen-bond donors (Lipinski definition) is 1. The molecule has 0 aromatic carbocycles. The average Bonchev–Trinajstić information content (AvgIpc) is 2.79. The van der Waals surface area contributed by atoms with Crippen LogP contribution in [0.15, 0.2) is 35.8 Å². The van der Waals surface area contributed by atoms with Crippen LogP contribution in [-0.4, -0.2) is 12.1 Å². The second-order valence-corrected chi connectivity index (χ2v) is 4.02. The number of nitrogens with zero attached hydrogens (tertiary/aromatic N) is 1. The Balaban J connectivity index is 2.04. The van der Waals surface area contributed by atoms with Gasteiger partial charge in [-0.2, -0.15) is 0 Å². The standard InChI is InChI=1S/C11H12N2OS/c1-14-10-5-2-6-12-11(10)13-8-9-4-3-7-15-9/h2-7H,8H2,1H3,(H,12,13). The molecule has 0 aliphatic heterocycles. The van der Waals surface area contributed by atoms with Crippen molar-refractivity contribution in [3.8, 4) is 5.75 Å². The van der Waals surface area contributed by atoms with Gasteiger partial charge in [0.1, 0.15) is 0 Å². The topological polar surface area (TPSA) is 34.1 Å². The Morgan fingerprint density at radius 3 is 3.07 bits per heavy atom. The Kier molecular flexibility index (Phi) is 3.19. The summed E-state index contributed by atoms with van der Waals surface area (Å²) < 4.78 is 5.19. The average molecular weight is 220 g/mol. The van der Waals surface area contributed by atoms with E-state index in [1.165, 1.54) is 4.88 Å². The molecule has 0 atom stereocenters. The monoisotopic (exact) mass is 220 g/mol. The normalized spacial score (nSPS) is 9.93. The second kappa shape index (κ2) is 4.79. The van der Waals surface area contributed by atoms with Crippen LogP contribution >= 0.6 is 11.3 Å². The van der Waals surface area contributed by atoms with E-state index in [1.54, 1.807) is 24.6 Å². The van der Waals surface area contributed by atoms with Crippen molar-refractivity contribution in [2.75, 3.05) is 12.4 Å². The Bertz CT molecular complexity index is 414.